The van der Waals surface area contributed by atoms with E-state index in [9.17, 15) is 5.11 Å². The molecule has 0 aliphatic heterocycles. The Kier molecular flexibility index (Phi) is 5.22. The van der Waals surface area contributed by atoms with Crippen LogP contribution in [0.4, 0.5) is 0 Å². The van der Waals surface area contributed by atoms with Crippen LogP contribution < -0.4 is 0 Å². The summed E-state index contributed by atoms with van der Waals surface area (Å²) in [4.78, 5) is 0. The van der Waals surface area contributed by atoms with Gasteiger partial charge in [-0.2, -0.15) is 0 Å². The van der Waals surface area contributed by atoms with E-state index in [1.54, 1.807) is 0 Å². The highest BCUT2D eigenvalue weighted by Gasteiger charge is 2.10. The molecular weight excluding hydrogens is 136 g/mol. The highest BCUT2D eigenvalue weighted by molar-refractivity contribution is 4.76. The largest absolute Gasteiger partial charge is 0.390 e. The number of hydrogen-bond donors (Lipinski definition) is 1. The van der Waals surface area contributed by atoms with E-state index in [-0.39, 0.29) is 0 Å². The van der Waals surface area contributed by atoms with Gasteiger partial charge >= 0.3 is 0 Å². The van der Waals surface area contributed by atoms with Crippen molar-refractivity contribution in [3.05, 3.63) is 12.2 Å². The van der Waals surface area contributed by atoms with Gasteiger partial charge in [-0.15, -0.1) is 0 Å². The standard InChI is InChI=1S/C10H20O/c1-4-5-6-7-8-9-10(2,3)11/h4-5,11H,6-9H2,1-3H3/b5-4+. The molecule has 0 atom stereocenters. The molecular formula is C10H20O. The lowest BCUT2D eigenvalue weighted by Gasteiger charge is -2.15. The van der Waals surface area contributed by atoms with Gasteiger partial charge in [0.25, 0.3) is 0 Å². The van der Waals surface area contributed by atoms with Crippen molar-refractivity contribution < 1.29 is 5.11 Å². The van der Waals surface area contributed by atoms with Crippen LogP contribution in [0, 0.1) is 0 Å². The molecule has 0 aromatic rings. The van der Waals surface area contributed by atoms with E-state index >= 15 is 0 Å². The number of aliphatic hydroxyl groups is 1. The molecule has 0 rings (SSSR count). The number of allylic oxidation sites excluding steroid dienone is 2. The summed E-state index contributed by atoms with van der Waals surface area (Å²) in [6, 6.07) is 0. The Balaban J connectivity index is 3.15. The molecule has 0 radical (unpaired) electrons. The predicted molar refractivity (Wildman–Crippen MR) is 49.6 cm³/mol. The maximum Gasteiger partial charge on any atom is 0.0591 e. The van der Waals surface area contributed by atoms with Gasteiger partial charge in [-0.3, -0.25) is 0 Å². The zero-order valence-electron chi connectivity index (χ0n) is 7.93. The molecule has 0 saturated heterocycles. The lowest BCUT2D eigenvalue weighted by Crippen LogP contribution is -2.17. The molecule has 0 saturated carbocycles. The lowest BCUT2D eigenvalue weighted by atomic mass is 10.0. The van der Waals surface area contributed by atoms with E-state index in [0.717, 1.165) is 19.3 Å². The quantitative estimate of drug-likeness (QED) is 0.479. The zero-order chi connectivity index (χ0) is 8.74. The van der Waals surface area contributed by atoms with Crippen molar-refractivity contribution >= 4 is 0 Å². The molecule has 0 spiro atoms. The number of hydrogen-bond acceptors (Lipinski definition) is 1. The van der Waals surface area contributed by atoms with Gasteiger partial charge in [0.15, 0.2) is 0 Å². The first-order valence-corrected chi connectivity index (χ1v) is 4.40. The summed E-state index contributed by atoms with van der Waals surface area (Å²) in [6.07, 6.45) is 8.60. The highest BCUT2D eigenvalue weighted by atomic mass is 16.3. The molecule has 0 aliphatic rings. The van der Waals surface area contributed by atoms with Gasteiger partial charge in [-0.05, 0) is 40.0 Å². The Labute approximate surface area is 70.1 Å². The van der Waals surface area contributed by atoms with Crippen molar-refractivity contribution in [1.82, 2.24) is 0 Å². The maximum atomic E-state index is 9.36. The molecule has 0 bridgehead atoms. The number of rotatable bonds is 5. The Morgan fingerprint density at radius 1 is 1.27 bits per heavy atom. The maximum absolute atomic E-state index is 9.36. The third kappa shape index (κ3) is 9.70. The zero-order valence-corrected chi connectivity index (χ0v) is 7.93. The van der Waals surface area contributed by atoms with Crippen molar-refractivity contribution in [2.75, 3.05) is 0 Å². The van der Waals surface area contributed by atoms with Crippen LogP contribution in [0.2, 0.25) is 0 Å². The summed E-state index contributed by atoms with van der Waals surface area (Å²) in [5.41, 5.74) is -0.476. The van der Waals surface area contributed by atoms with E-state index in [2.05, 4.69) is 12.2 Å². The summed E-state index contributed by atoms with van der Waals surface area (Å²) in [6.45, 7) is 5.77. The van der Waals surface area contributed by atoms with Crippen LogP contribution in [0.1, 0.15) is 46.5 Å². The molecule has 1 nitrogen and oxygen atoms in total. The topological polar surface area (TPSA) is 20.2 Å². The molecule has 0 aromatic heterocycles. The van der Waals surface area contributed by atoms with Crippen LogP contribution >= 0.6 is 0 Å². The average Bonchev–Trinajstić information content (AvgIpc) is 1.85. The summed E-state index contributed by atoms with van der Waals surface area (Å²) in [5.74, 6) is 0. The summed E-state index contributed by atoms with van der Waals surface area (Å²) >= 11 is 0. The van der Waals surface area contributed by atoms with E-state index in [1.165, 1.54) is 6.42 Å². The Bertz CT molecular complexity index is 109. The molecule has 0 fully saturated rings. The first kappa shape index (κ1) is 10.7. The molecule has 1 N–H and O–H groups in total. The van der Waals surface area contributed by atoms with Crippen LogP contribution in [0.3, 0.4) is 0 Å². The minimum absolute atomic E-state index is 0.476. The molecule has 1 heteroatoms. The normalized spacial score (nSPS) is 12.7. The van der Waals surface area contributed by atoms with Crippen LogP contribution in [0.5, 0.6) is 0 Å². The van der Waals surface area contributed by atoms with E-state index < -0.39 is 5.60 Å². The summed E-state index contributed by atoms with van der Waals surface area (Å²) in [5, 5.41) is 9.36. The van der Waals surface area contributed by atoms with Crippen LogP contribution in [0.25, 0.3) is 0 Å². The van der Waals surface area contributed by atoms with Crippen LogP contribution in [0.15, 0.2) is 12.2 Å². The van der Waals surface area contributed by atoms with E-state index in [4.69, 9.17) is 0 Å². The molecule has 0 heterocycles. The summed E-state index contributed by atoms with van der Waals surface area (Å²) in [7, 11) is 0. The van der Waals surface area contributed by atoms with Crippen molar-refractivity contribution in [1.29, 1.82) is 0 Å². The van der Waals surface area contributed by atoms with Crippen LogP contribution in [-0.2, 0) is 0 Å². The van der Waals surface area contributed by atoms with E-state index in [1.807, 2.05) is 20.8 Å². The Morgan fingerprint density at radius 3 is 2.36 bits per heavy atom. The minimum Gasteiger partial charge on any atom is -0.390 e. The van der Waals surface area contributed by atoms with Crippen molar-refractivity contribution in [2.45, 2.75) is 52.1 Å². The fourth-order valence-corrected chi connectivity index (χ4v) is 0.986. The molecule has 0 aliphatic carbocycles. The number of unbranched alkanes of at least 4 members (excludes halogenated alkanes) is 2. The smallest absolute Gasteiger partial charge is 0.0591 e. The van der Waals surface area contributed by atoms with Crippen molar-refractivity contribution in [3.8, 4) is 0 Å². The fourth-order valence-electron chi connectivity index (χ4n) is 0.986. The van der Waals surface area contributed by atoms with Gasteiger partial charge in [-0.25, -0.2) is 0 Å². The average molecular weight is 156 g/mol. The highest BCUT2D eigenvalue weighted by Crippen LogP contribution is 2.12. The van der Waals surface area contributed by atoms with Gasteiger partial charge in [0.2, 0.25) is 0 Å². The molecule has 11 heavy (non-hydrogen) atoms. The Morgan fingerprint density at radius 2 is 1.91 bits per heavy atom. The third-order valence-corrected chi connectivity index (χ3v) is 1.65. The third-order valence-electron chi connectivity index (χ3n) is 1.65. The second-order valence-corrected chi connectivity index (χ2v) is 3.63. The molecule has 0 aromatic carbocycles. The van der Waals surface area contributed by atoms with Crippen LogP contribution in [-0.4, -0.2) is 10.7 Å². The van der Waals surface area contributed by atoms with Gasteiger partial charge in [0, 0.05) is 0 Å². The van der Waals surface area contributed by atoms with Gasteiger partial charge in [-0.1, -0.05) is 18.6 Å². The molecule has 0 amide bonds. The first-order chi connectivity index (χ1) is 5.06. The SMILES string of the molecule is C/C=C/CCCCC(C)(C)O. The second kappa shape index (κ2) is 5.36. The van der Waals surface area contributed by atoms with Crippen molar-refractivity contribution in [3.63, 3.8) is 0 Å². The minimum atomic E-state index is -0.476. The molecule has 66 valence electrons. The van der Waals surface area contributed by atoms with Gasteiger partial charge < -0.3 is 5.11 Å². The molecule has 0 unspecified atom stereocenters. The lowest BCUT2D eigenvalue weighted by molar-refractivity contribution is 0.0683. The predicted octanol–water partition coefficient (Wildman–Crippen LogP) is 2.89. The first-order valence-electron chi connectivity index (χ1n) is 4.40. The van der Waals surface area contributed by atoms with Gasteiger partial charge in [0.05, 0.1) is 5.60 Å². The van der Waals surface area contributed by atoms with Gasteiger partial charge in [0.1, 0.15) is 0 Å². The summed E-state index contributed by atoms with van der Waals surface area (Å²) < 4.78 is 0. The van der Waals surface area contributed by atoms with E-state index in [0.29, 0.717) is 0 Å². The monoisotopic (exact) mass is 156 g/mol. The second-order valence-electron chi connectivity index (χ2n) is 3.63. The Hall–Kier alpha value is -0.300. The fraction of sp³-hybridized carbons (Fsp3) is 0.800. The van der Waals surface area contributed by atoms with Crippen molar-refractivity contribution in [2.24, 2.45) is 0 Å².